The highest BCUT2D eigenvalue weighted by molar-refractivity contribution is 6.05. The first-order chi connectivity index (χ1) is 8.59. The molecule has 2 fully saturated rings. The van der Waals surface area contributed by atoms with Crippen molar-refractivity contribution < 1.29 is 9.59 Å². The van der Waals surface area contributed by atoms with Crippen molar-refractivity contribution in [3.05, 3.63) is 0 Å². The number of hydrogen-bond acceptors (Lipinski definition) is 3. The third-order valence-electron chi connectivity index (χ3n) is 4.23. The van der Waals surface area contributed by atoms with Gasteiger partial charge in [-0.2, -0.15) is 5.26 Å². The molecule has 2 rings (SSSR count). The van der Waals surface area contributed by atoms with Crippen molar-refractivity contribution >= 4 is 11.8 Å². The Morgan fingerprint density at radius 1 is 1.28 bits per heavy atom. The van der Waals surface area contributed by atoms with Gasteiger partial charge in [-0.05, 0) is 19.8 Å². The molecule has 1 unspecified atom stereocenters. The Bertz CT molecular complexity index is 389. The molecule has 0 bridgehead atoms. The zero-order chi connectivity index (χ0) is 13.2. The molecule has 2 aliphatic rings. The molecule has 18 heavy (non-hydrogen) atoms. The quantitative estimate of drug-likeness (QED) is 0.704. The average molecular weight is 248 g/mol. The Morgan fingerprint density at radius 3 is 2.44 bits per heavy atom. The minimum absolute atomic E-state index is 0.0171. The Balaban J connectivity index is 2.15. The van der Waals surface area contributed by atoms with Crippen LogP contribution in [0.1, 0.15) is 51.9 Å². The first-order valence-corrected chi connectivity index (χ1v) is 6.83. The fraction of sp³-hybridized carbons (Fsp3) is 0.786. The third-order valence-corrected chi connectivity index (χ3v) is 4.23. The van der Waals surface area contributed by atoms with Crippen LogP contribution in [0.2, 0.25) is 0 Å². The fourth-order valence-corrected chi connectivity index (χ4v) is 3.16. The zero-order valence-corrected chi connectivity index (χ0v) is 10.9. The van der Waals surface area contributed by atoms with Crippen LogP contribution in [0.15, 0.2) is 0 Å². The second-order valence-electron chi connectivity index (χ2n) is 5.71. The van der Waals surface area contributed by atoms with E-state index in [-0.39, 0.29) is 24.3 Å². The van der Waals surface area contributed by atoms with E-state index < -0.39 is 5.41 Å². The van der Waals surface area contributed by atoms with Crippen LogP contribution >= 0.6 is 0 Å². The maximum absolute atomic E-state index is 12.5. The van der Waals surface area contributed by atoms with Gasteiger partial charge in [0.1, 0.15) is 0 Å². The van der Waals surface area contributed by atoms with Crippen LogP contribution in [0.25, 0.3) is 0 Å². The lowest BCUT2D eigenvalue weighted by molar-refractivity contribution is -0.142. The maximum atomic E-state index is 12.5. The van der Waals surface area contributed by atoms with E-state index in [1.54, 1.807) is 6.92 Å². The molecule has 1 heterocycles. The molecule has 4 heteroatoms. The average Bonchev–Trinajstić information content (AvgIpc) is 2.55. The van der Waals surface area contributed by atoms with E-state index in [1.165, 1.54) is 4.90 Å². The summed E-state index contributed by atoms with van der Waals surface area (Å²) in [7, 11) is 0. The molecule has 4 nitrogen and oxygen atoms in total. The maximum Gasteiger partial charge on any atom is 0.235 e. The van der Waals surface area contributed by atoms with Crippen LogP contribution in [0, 0.1) is 22.7 Å². The van der Waals surface area contributed by atoms with Crippen molar-refractivity contribution in [1.29, 1.82) is 5.26 Å². The van der Waals surface area contributed by atoms with Crippen molar-refractivity contribution in [2.45, 2.75) is 51.9 Å². The highest BCUT2D eigenvalue weighted by atomic mass is 16.2. The summed E-state index contributed by atoms with van der Waals surface area (Å²) in [5, 5.41) is 8.82. The van der Waals surface area contributed by atoms with Gasteiger partial charge in [-0.1, -0.05) is 25.7 Å². The van der Waals surface area contributed by atoms with Gasteiger partial charge in [-0.25, -0.2) is 0 Å². The second kappa shape index (κ2) is 5.09. The van der Waals surface area contributed by atoms with Crippen molar-refractivity contribution in [3.63, 3.8) is 0 Å². The lowest BCUT2D eigenvalue weighted by Gasteiger charge is -2.25. The number of rotatable bonds is 2. The Labute approximate surface area is 108 Å². The summed E-state index contributed by atoms with van der Waals surface area (Å²) in [5.41, 5.74) is -0.428. The monoisotopic (exact) mass is 248 g/mol. The van der Waals surface area contributed by atoms with E-state index in [2.05, 4.69) is 6.07 Å². The van der Waals surface area contributed by atoms with E-state index in [0.717, 1.165) is 38.5 Å². The normalized spacial score (nSPS) is 25.0. The summed E-state index contributed by atoms with van der Waals surface area (Å²) >= 11 is 0. The molecule has 2 amide bonds. The molecule has 1 aliphatic carbocycles. The van der Waals surface area contributed by atoms with Crippen LogP contribution in [0.4, 0.5) is 0 Å². The van der Waals surface area contributed by atoms with E-state index >= 15 is 0 Å². The predicted octanol–water partition coefficient (Wildman–Crippen LogP) is 2.25. The molecular weight excluding hydrogens is 228 g/mol. The van der Waals surface area contributed by atoms with Crippen LogP contribution in [-0.2, 0) is 9.59 Å². The van der Waals surface area contributed by atoms with Crippen LogP contribution in [0.5, 0.6) is 0 Å². The number of nitrogens with zero attached hydrogens (tertiary/aromatic N) is 2. The summed E-state index contributed by atoms with van der Waals surface area (Å²) in [4.78, 5) is 25.8. The van der Waals surface area contributed by atoms with Crippen molar-refractivity contribution in [1.82, 2.24) is 4.90 Å². The molecule has 0 aromatic carbocycles. The lowest BCUT2D eigenvalue weighted by Crippen LogP contribution is -2.37. The number of carbonyl (C=O) groups is 2. The van der Waals surface area contributed by atoms with Gasteiger partial charge < -0.3 is 0 Å². The van der Waals surface area contributed by atoms with E-state index in [1.807, 2.05) is 0 Å². The van der Waals surface area contributed by atoms with Crippen molar-refractivity contribution in [3.8, 4) is 6.07 Å². The van der Waals surface area contributed by atoms with E-state index in [0.29, 0.717) is 6.42 Å². The number of hydrogen-bond donors (Lipinski definition) is 0. The van der Waals surface area contributed by atoms with Crippen LogP contribution in [0.3, 0.4) is 0 Å². The fourth-order valence-electron chi connectivity index (χ4n) is 3.16. The summed E-state index contributed by atoms with van der Waals surface area (Å²) in [6, 6.07) is 2.09. The van der Waals surface area contributed by atoms with Gasteiger partial charge in [-0.15, -0.1) is 0 Å². The topological polar surface area (TPSA) is 61.2 Å². The number of imide groups is 1. The molecule has 0 aromatic rings. The number of carbonyl (C=O) groups excluding carboxylic acids is 2. The minimum atomic E-state index is -0.428. The summed E-state index contributed by atoms with van der Waals surface area (Å²) in [5.74, 6) is -0.376. The Hall–Kier alpha value is -1.37. The van der Waals surface area contributed by atoms with Gasteiger partial charge in [0.05, 0.1) is 17.4 Å². The first-order valence-electron chi connectivity index (χ1n) is 6.83. The zero-order valence-electron chi connectivity index (χ0n) is 10.9. The van der Waals surface area contributed by atoms with Crippen LogP contribution in [-0.4, -0.2) is 23.3 Å². The van der Waals surface area contributed by atoms with Gasteiger partial charge in [0.15, 0.2) is 0 Å². The molecule has 0 N–H and O–H groups in total. The highest BCUT2D eigenvalue weighted by Crippen LogP contribution is 2.44. The number of nitriles is 1. The molecule has 0 aromatic heterocycles. The molecule has 1 atom stereocenters. The third kappa shape index (κ3) is 2.27. The predicted molar refractivity (Wildman–Crippen MR) is 66.2 cm³/mol. The Kier molecular flexibility index (Phi) is 3.70. The van der Waals surface area contributed by atoms with Gasteiger partial charge in [0.25, 0.3) is 0 Å². The lowest BCUT2D eigenvalue weighted by atomic mass is 9.79. The largest absolute Gasteiger partial charge is 0.281 e. The molecule has 1 spiro atoms. The summed E-state index contributed by atoms with van der Waals surface area (Å²) in [6.45, 7) is 2.01. The Morgan fingerprint density at radius 2 is 1.89 bits per heavy atom. The van der Waals surface area contributed by atoms with E-state index in [4.69, 9.17) is 5.26 Å². The van der Waals surface area contributed by atoms with E-state index in [9.17, 15) is 9.59 Å². The van der Waals surface area contributed by atoms with Gasteiger partial charge >= 0.3 is 0 Å². The summed E-state index contributed by atoms with van der Waals surface area (Å²) in [6.07, 6.45) is 6.46. The molecule has 1 saturated heterocycles. The first kappa shape index (κ1) is 13.1. The molecule has 1 aliphatic heterocycles. The highest BCUT2D eigenvalue weighted by Gasteiger charge is 2.50. The number of amides is 2. The standard InChI is InChI=1S/C14H20N2O2/c1-11(9-15)10-16-12(17)8-14(13(16)18)6-4-2-3-5-7-14/h11H,2-8,10H2,1H3. The SMILES string of the molecule is CC(C#N)CN1C(=O)CC2(CCCCCC2)C1=O. The smallest absolute Gasteiger partial charge is 0.235 e. The molecular formula is C14H20N2O2. The summed E-state index contributed by atoms with van der Waals surface area (Å²) < 4.78 is 0. The van der Waals surface area contributed by atoms with Gasteiger partial charge in [-0.3, -0.25) is 14.5 Å². The van der Waals surface area contributed by atoms with Crippen LogP contribution < -0.4 is 0 Å². The molecule has 1 saturated carbocycles. The van der Waals surface area contributed by atoms with Crippen molar-refractivity contribution in [2.24, 2.45) is 11.3 Å². The van der Waals surface area contributed by atoms with Crippen molar-refractivity contribution in [2.75, 3.05) is 6.54 Å². The second-order valence-corrected chi connectivity index (χ2v) is 5.71. The van der Waals surface area contributed by atoms with Gasteiger partial charge in [0, 0.05) is 13.0 Å². The number of likely N-dealkylation sites (tertiary alicyclic amines) is 1. The molecule has 98 valence electrons. The molecule has 0 radical (unpaired) electrons. The minimum Gasteiger partial charge on any atom is -0.281 e. The van der Waals surface area contributed by atoms with Gasteiger partial charge in [0.2, 0.25) is 11.8 Å².